The van der Waals surface area contributed by atoms with Crippen LogP contribution in [0.2, 0.25) is 10.0 Å². The smallest absolute Gasteiger partial charge is 0.171 e. The molecule has 0 N–H and O–H groups in total. The molecule has 144 valence electrons. The first-order chi connectivity index (χ1) is 13.3. The van der Waals surface area contributed by atoms with Crippen LogP contribution < -0.4 is 20.7 Å². The first-order valence-corrected chi connectivity index (χ1v) is 11.4. The normalized spacial score (nSPS) is 11.5. The number of hydrogen-bond donors (Lipinski definition) is 0. The molecular formula is C23H21Cl2O2P. The fourth-order valence-electron chi connectivity index (χ4n) is 3.00. The van der Waals surface area contributed by atoms with Crippen LogP contribution in [0.25, 0.3) is 6.08 Å². The lowest BCUT2D eigenvalue weighted by Crippen LogP contribution is -2.25. The molecule has 0 saturated carbocycles. The van der Waals surface area contributed by atoms with Crippen LogP contribution >= 0.6 is 30.3 Å². The van der Waals surface area contributed by atoms with Crippen molar-refractivity contribution in [3.8, 4) is 5.75 Å². The average Bonchev–Trinajstić information content (AvgIpc) is 2.68. The van der Waals surface area contributed by atoms with Crippen molar-refractivity contribution in [2.75, 3.05) is 0 Å². The summed E-state index contributed by atoms with van der Waals surface area (Å²) in [7, 11) is -3.13. The Bertz CT molecular complexity index is 976. The molecule has 0 aliphatic carbocycles. The third kappa shape index (κ3) is 4.20. The molecular weight excluding hydrogens is 410 g/mol. The van der Waals surface area contributed by atoms with Crippen LogP contribution in [0.1, 0.15) is 19.4 Å². The van der Waals surface area contributed by atoms with Crippen molar-refractivity contribution < 1.29 is 9.30 Å². The first kappa shape index (κ1) is 20.7. The molecule has 0 saturated heterocycles. The van der Waals surface area contributed by atoms with Gasteiger partial charge in [0.05, 0.1) is 6.10 Å². The van der Waals surface area contributed by atoms with Crippen molar-refractivity contribution in [3.63, 3.8) is 0 Å². The van der Waals surface area contributed by atoms with Gasteiger partial charge in [0.15, 0.2) is 7.14 Å². The van der Waals surface area contributed by atoms with Gasteiger partial charge >= 0.3 is 0 Å². The summed E-state index contributed by atoms with van der Waals surface area (Å²) in [6.45, 7) is 7.82. The minimum absolute atomic E-state index is 0.0314. The average molecular weight is 431 g/mol. The van der Waals surface area contributed by atoms with E-state index in [0.29, 0.717) is 31.7 Å². The topological polar surface area (TPSA) is 26.3 Å². The van der Waals surface area contributed by atoms with Gasteiger partial charge in [-0.05, 0) is 80.6 Å². The molecule has 3 aromatic carbocycles. The van der Waals surface area contributed by atoms with Gasteiger partial charge in [-0.3, -0.25) is 0 Å². The third-order valence-corrected chi connectivity index (χ3v) is 7.88. The third-order valence-electron chi connectivity index (χ3n) is 4.32. The minimum Gasteiger partial charge on any atom is -0.490 e. The SMILES string of the molecule is C=Cc1cc(P(=O)(c2ccc(Cl)cc2)c2ccc(Cl)cc2)ccc1OC(C)C. The Morgan fingerprint density at radius 2 is 1.32 bits per heavy atom. The number of ether oxygens (including phenoxy) is 1. The van der Waals surface area contributed by atoms with E-state index < -0.39 is 7.14 Å². The molecule has 0 radical (unpaired) electrons. The number of hydrogen-bond acceptors (Lipinski definition) is 2. The van der Waals surface area contributed by atoms with Crippen LogP contribution in [0.15, 0.2) is 73.3 Å². The Morgan fingerprint density at radius 3 is 1.75 bits per heavy atom. The molecule has 3 aromatic rings. The van der Waals surface area contributed by atoms with Crippen molar-refractivity contribution in [1.29, 1.82) is 0 Å². The van der Waals surface area contributed by atoms with Crippen molar-refractivity contribution in [2.24, 2.45) is 0 Å². The van der Waals surface area contributed by atoms with Gasteiger partial charge in [0.25, 0.3) is 0 Å². The van der Waals surface area contributed by atoms with Gasteiger partial charge in [-0.1, -0.05) is 35.9 Å². The lowest BCUT2D eigenvalue weighted by Gasteiger charge is -2.22. The molecule has 5 heteroatoms. The van der Waals surface area contributed by atoms with E-state index >= 15 is 0 Å². The monoisotopic (exact) mass is 430 g/mol. The largest absolute Gasteiger partial charge is 0.490 e. The van der Waals surface area contributed by atoms with Gasteiger partial charge in [0.2, 0.25) is 0 Å². The maximum atomic E-state index is 14.5. The van der Waals surface area contributed by atoms with Crippen LogP contribution in [0.5, 0.6) is 5.75 Å². The molecule has 2 nitrogen and oxygen atoms in total. The van der Waals surface area contributed by atoms with Crippen molar-refractivity contribution >= 4 is 52.3 Å². The Hall–Kier alpha value is -1.99. The highest BCUT2D eigenvalue weighted by Gasteiger charge is 2.30. The Balaban J connectivity index is 2.22. The first-order valence-electron chi connectivity index (χ1n) is 8.90. The molecule has 0 aliphatic heterocycles. The van der Waals surface area contributed by atoms with Gasteiger partial charge in [0.1, 0.15) is 5.75 Å². The Morgan fingerprint density at radius 1 is 0.857 bits per heavy atom. The van der Waals surface area contributed by atoms with E-state index in [1.165, 1.54) is 0 Å². The predicted molar refractivity (Wildman–Crippen MR) is 122 cm³/mol. The molecule has 0 aliphatic rings. The van der Waals surface area contributed by atoms with E-state index in [-0.39, 0.29) is 6.10 Å². The lowest BCUT2D eigenvalue weighted by molar-refractivity contribution is 0.242. The summed E-state index contributed by atoms with van der Waals surface area (Å²) in [4.78, 5) is 0. The zero-order valence-electron chi connectivity index (χ0n) is 15.7. The number of rotatable bonds is 6. The van der Waals surface area contributed by atoms with Crippen molar-refractivity contribution in [1.82, 2.24) is 0 Å². The van der Waals surface area contributed by atoms with E-state index in [4.69, 9.17) is 27.9 Å². The molecule has 0 spiro atoms. The molecule has 0 aromatic heterocycles. The summed E-state index contributed by atoms with van der Waals surface area (Å²) in [6, 6.07) is 19.8. The van der Waals surface area contributed by atoms with Gasteiger partial charge in [-0.15, -0.1) is 0 Å². The molecule has 0 atom stereocenters. The van der Waals surface area contributed by atoms with Crippen LogP contribution in [-0.2, 0) is 4.57 Å². The van der Waals surface area contributed by atoms with E-state index in [1.807, 2.05) is 56.3 Å². The summed E-state index contributed by atoms with van der Waals surface area (Å²) >= 11 is 12.1. The van der Waals surface area contributed by atoms with Gasteiger partial charge in [-0.2, -0.15) is 0 Å². The molecule has 0 amide bonds. The fraction of sp³-hybridized carbons (Fsp3) is 0.130. The second-order valence-corrected chi connectivity index (χ2v) is 10.3. The quantitative estimate of drug-likeness (QED) is 0.444. The molecule has 28 heavy (non-hydrogen) atoms. The van der Waals surface area contributed by atoms with E-state index in [2.05, 4.69) is 6.58 Å². The van der Waals surface area contributed by atoms with Crippen LogP contribution in [0.3, 0.4) is 0 Å². The highest BCUT2D eigenvalue weighted by molar-refractivity contribution is 7.85. The summed E-state index contributed by atoms with van der Waals surface area (Å²) < 4.78 is 20.3. The van der Waals surface area contributed by atoms with Crippen molar-refractivity contribution in [2.45, 2.75) is 20.0 Å². The standard InChI is InChI=1S/C23H21Cl2O2P/c1-4-17-15-22(13-14-23(17)27-16(2)3)28(26,20-9-5-18(24)6-10-20)21-11-7-19(25)8-12-21/h4-16H,1H2,2-3H3. The summed E-state index contributed by atoms with van der Waals surface area (Å²) in [6.07, 6.45) is 1.75. The van der Waals surface area contributed by atoms with Gasteiger partial charge in [0, 0.05) is 31.5 Å². The fourth-order valence-corrected chi connectivity index (χ4v) is 5.89. The zero-order chi connectivity index (χ0) is 20.3. The van der Waals surface area contributed by atoms with Crippen LogP contribution in [0.4, 0.5) is 0 Å². The van der Waals surface area contributed by atoms with Crippen LogP contribution in [-0.4, -0.2) is 6.10 Å². The zero-order valence-corrected chi connectivity index (χ0v) is 18.1. The maximum Gasteiger partial charge on any atom is 0.171 e. The molecule has 0 fully saturated rings. The Labute approximate surface area is 176 Å². The van der Waals surface area contributed by atoms with Crippen molar-refractivity contribution in [3.05, 3.63) is 88.9 Å². The molecule has 0 bridgehead atoms. The summed E-state index contributed by atoms with van der Waals surface area (Å²) in [5, 5.41) is 3.29. The second kappa shape index (κ2) is 8.57. The van der Waals surface area contributed by atoms with E-state index in [1.54, 1.807) is 30.3 Å². The van der Waals surface area contributed by atoms with E-state index in [0.717, 1.165) is 5.56 Å². The van der Waals surface area contributed by atoms with Crippen LogP contribution in [0, 0.1) is 0 Å². The van der Waals surface area contributed by atoms with Gasteiger partial charge < -0.3 is 9.30 Å². The minimum atomic E-state index is -3.13. The summed E-state index contributed by atoms with van der Waals surface area (Å²) in [5.41, 5.74) is 0.800. The second-order valence-electron chi connectivity index (χ2n) is 6.65. The number of benzene rings is 3. The lowest BCUT2D eigenvalue weighted by atomic mass is 10.2. The highest BCUT2D eigenvalue weighted by Crippen LogP contribution is 2.43. The predicted octanol–water partition coefficient (Wildman–Crippen LogP) is 6.06. The maximum absolute atomic E-state index is 14.5. The van der Waals surface area contributed by atoms with E-state index in [9.17, 15) is 4.57 Å². The highest BCUT2D eigenvalue weighted by atomic mass is 35.5. The summed E-state index contributed by atoms with van der Waals surface area (Å²) in [5.74, 6) is 0.715. The molecule has 0 unspecified atom stereocenters. The molecule has 0 heterocycles. The number of halogens is 2. The molecule has 3 rings (SSSR count). The van der Waals surface area contributed by atoms with Gasteiger partial charge in [-0.25, -0.2) is 0 Å². The Kier molecular flexibility index (Phi) is 6.35.